The molecule has 0 spiro atoms. The first-order valence-electron chi connectivity index (χ1n) is 43.9. The van der Waals surface area contributed by atoms with E-state index in [-0.39, 0.29) is 218 Å². The van der Waals surface area contributed by atoms with E-state index in [2.05, 4.69) is 52.9 Å². The van der Waals surface area contributed by atoms with E-state index < -0.39 is 71.4 Å². The number of nitriles is 3. The van der Waals surface area contributed by atoms with Gasteiger partial charge < -0.3 is 46.6 Å². The number of anilines is 6. The third-order valence-corrected chi connectivity index (χ3v) is 29.0. The third kappa shape index (κ3) is 18.7. The van der Waals surface area contributed by atoms with E-state index in [1.165, 1.54) is 44.1 Å². The molecule has 141 heavy (non-hydrogen) atoms. The SMILES string of the molecule is C=CC(=O)N1[C@H](C)CN(c2c(C#N)c(=O)n(-c3c(C)ccnc3C(C)C)c3nc(-c4c(Cl)c(N)c(Cl)c(Cl)c4Cl)c(Cl)cc23)C[C@@H]1C.C=CC(=O)N1[C@H](C)CN(c2c(C#N)c(=O)n(-c3c(C)ccnc3C(C)C)c3nc(-c4c(Cl)c(N)c(F)c(F)c4Cl)c(Cl)cc23)C[C@@H]1C.C=CC(=O)N1[C@H](C)CN(c2c(C#N)c(=O)n(-c3c(C)ccnc3C(C)C)c3nc(-c4c(Cl)c(N)c(F)c(F)c4Cl)c(Cl)cc23)C[C@@H]1C. The molecule has 0 aliphatic carbocycles. The summed E-state index contributed by atoms with van der Waals surface area (Å²) in [5.74, 6) is -6.85. The molecule has 3 aliphatic rings. The number of carbonyl (C=O) groups excluding carboxylic acids is 3. The lowest BCUT2D eigenvalue weighted by molar-refractivity contribution is -0.131. The summed E-state index contributed by atoms with van der Waals surface area (Å²) in [6.07, 6.45) is 8.67. The Hall–Kier alpha value is -12.0. The Kier molecular flexibility index (Phi) is 31.6. The van der Waals surface area contributed by atoms with Crippen LogP contribution in [0.15, 0.2) is 107 Å². The molecule has 0 radical (unpaired) electrons. The predicted octanol–water partition coefficient (Wildman–Crippen LogP) is 22.6. The van der Waals surface area contributed by atoms with Gasteiger partial charge in [-0.05, 0) is 151 Å². The summed E-state index contributed by atoms with van der Waals surface area (Å²) in [7, 11) is 0. The Morgan fingerprint density at radius 1 is 0.383 bits per heavy atom. The summed E-state index contributed by atoms with van der Waals surface area (Å²) in [5, 5.41) is 30.2. The van der Waals surface area contributed by atoms with E-state index in [4.69, 9.17) is 160 Å². The van der Waals surface area contributed by atoms with Crippen LogP contribution in [0.2, 0.25) is 55.2 Å². The van der Waals surface area contributed by atoms with Crippen LogP contribution < -0.4 is 48.6 Å². The molecule has 27 nitrogen and oxygen atoms in total. The number of piperazine rings is 3. The van der Waals surface area contributed by atoms with Gasteiger partial charge in [0.05, 0.1) is 141 Å². The van der Waals surface area contributed by atoms with E-state index >= 15 is 0 Å². The summed E-state index contributed by atoms with van der Waals surface area (Å²) in [5.41, 5.74) is 19.3. The van der Waals surface area contributed by atoms with Gasteiger partial charge >= 0.3 is 0 Å². The first-order valence-corrected chi connectivity index (χ1v) is 48.0. The number of aryl methyl sites for hydroxylation is 3. The minimum atomic E-state index is -1.44. The summed E-state index contributed by atoms with van der Waals surface area (Å²) in [4.78, 5) is 121. The van der Waals surface area contributed by atoms with Crippen molar-refractivity contribution in [3.63, 3.8) is 0 Å². The van der Waals surface area contributed by atoms with Crippen LogP contribution in [0.25, 0.3) is 83.9 Å². The van der Waals surface area contributed by atoms with Gasteiger partial charge in [-0.2, -0.15) is 15.8 Å². The lowest BCUT2D eigenvalue weighted by Crippen LogP contribution is -2.58. The number of fused-ring (bicyclic) bond motifs is 3. The molecule has 0 saturated carbocycles. The largest absolute Gasteiger partial charge is 0.396 e. The van der Waals surface area contributed by atoms with Gasteiger partial charge in [-0.3, -0.25) is 57.4 Å². The number of nitrogens with zero attached hydrogens (tertiary/aromatic N) is 18. The average Bonchev–Trinajstić information content (AvgIpc) is 0.725. The van der Waals surface area contributed by atoms with Gasteiger partial charge in [0.15, 0.2) is 23.3 Å². The number of benzene rings is 3. The molecule has 3 aliphatic heterocycles. The van der Waals surface area contributed by atoms with Crippen molar-refractivity contribution in [3.05, 3.63) is 253 Å². The molecule has 3 saturated heterocycles. The zero-order chi connectivity index (χ0) is 104. The van der Waals surface area contributed by atoms with Gasteiger partial charge in [-0.1, -0.05) is 189 Å². The minimum Gasteiger partial charge on any atom is -0.396 e. The number of pyridine rings is 9. The number of aromatic nitrogens is 9. The third-order valence-electron chi connectivity index (χ3n) is 24.9. The minimum absolute atomic E-state index is 0.0197. The maximum Gasteiger partial charge on any atom is 0.276 e. The van der Waals surface area contributed by atoms with Gasteiger partial charge in [-0.25, -0.2) is 32.5 Å². The highest BCUT2D eigenvalue weighted by molar-refractivity contribution is 6.53. The first-order chi connectivity index (χ1) is 66.5. The molecule has 9 aromatic heterocycles. The fourth-order valence-electron chi connectivity index (χ4n) is 18.8. The second kappa shape index (κ2) is 41.9. The number of halogens is 15. The molecule has 42 heteroatoms. The summed E-state index contributed by atoms with van der Waals surface area (Å²) >= 11 is 72.0. The van der Waals surface area contributed by atoms with E-state index in [1.54, 1.807) is 71.4 Å². The molecule has 3 fully saturated rings. The molecule has 12 heterocycles. The number of rotatable bonds is 15. The fraction of sp³-hybridized carbons (Fsp3) is 0.303. The maximum atomic E-state index is 14.9. The highest BCUT2D eigenvalue weighted by Gasteiger charge is 2.42. The Labute approximate surface area is 863 Å². The normalized spacial score (nSPS) is 16.6. The molecule has 0 unspecified atom stereocenters. The number of nitrogen functional groups attached to an aromatic ring is 3. The summed E-state index contributed by atoms with van der Waals surface area (Å²) in [6, 6.07) is 14.3. The van der Waals surface area contributed by atoms with Crippen LogP contribution in [-0.4, -0.2) is 152 Å². The Balaban J connectivity index is 0.000000178. The molecule has 6 N–H and O–H groups in total. The Morgan fingerprint density at radius 3 is 0.858 bits per heavy atom. The van der Waals surface area contributed by atoms with Crippen LogP contribution in [0.3, 0.4) is 0 Å². The highest BCUT2D eigenvalue weighted by atomic mass is 35.5. The fourth-order valence-corrected chi connectivity index (χ4v) is 21.8. The molecule has 15 rings (SSSR count). The van der Waals surface area contributed by atoms with Crippen LogP contribution >= 0.6 is 128 Å². The second-order valence-electron chi connectivity index (χ2n) is 35.3. The molecular formula is C99H90Cl11F4N21O6. The number of amides is 3. The van der Waals surface area contributed by atoms with Crippen molar-refractivity contribution < 1.29 is 31.9 Å². The van der Waals surface area contributed by atoms with Gasteiger partial charge in [0.1, 0.15) is 51.8 Å². The van der Waals surface area contributed by atoms with Crippen molar-refractivity contribution >= 4 is 213 Å². The quantitative estimate of drug-likeness (QED) is 0.0282. The van der Waals surface area contributed by atoms with Crippen molar-refractivity contribution in [1.29, 1.82) is 15.8 Å². The highest BCUT2D eigenvalue weighted by Crippen LogP contribution is 2.53. The molecule has 732 valence electrons. The van der Waals surface area contributed by atoms with Gasteiger partial charge in [0, 0.05) is 127 Å². The van der Waals surface area contributed by atoms with Crippen molar-refractivity contribution in [2.75, 3.05) is 71.2 Å². The van der Waals surface area contributed by atoms with Crippen molar-refractivity contribution in [2.24, 2.45) is 0 Å². The van der Waals surface area contributed by atoms with Crippen LogP contribution in [0.1, 0.15) is 151 Å². The molecule has 3 aromatic carbocycles. The average molecular weight is 2140 g/mol. The van der Waals surface area contributed by atoms with Gasteiger partial charge in [0.2, 0.25) is 17.7 Å². The van der Waals surface area contributed by atoms with Crippen LogP contribution in [0.4, 0.5) is 51.7 Å². The topological polar surface area (TPSA) is 363 Å². The number of nitrogens with two attached hydrogens (primary N) is 3. The van der Waals surface area contributed by atoms with E-state index in [0.29, 0.717) is 80.2 Å². The van der Waals surface area contributed by atoms with E-state index in [1.807, 2.05) is 105 Å². The lowest BCUT2D eigenvalue weighted by Gasteiger charge is -2.45. The molecular weight excluding hydrogens is 2050 g/mol. The number of hydrogen-bond acceptors (Lipinski definition) is 21. The van der Waals surface area contributed by atoms with Gasteiger partial charge in [-0.15, -0.1) is 0 Å². The van der Waals surface area contributed by atoms with Crippen molar-refractivity contribution in [2.45, 2.75) is 158 Å². The van der Waals surface area contributed by atoms with Crippen molar-refractivity contribution in [3.8, 4) is 69.0 Å². The molecule has 12 aromatic rings. The first kappa shape index (κ1) is 106. The Bertz CT molecular complexity index is 6860. The van der Waals surface area contributed by atoms with E-state index in [9.17, 15) is 62.1 Å². The Morgan fingerprint density at radius 2 is 0.624 bits per heavy atom. The number of hydrogen-bond donors (Lipinski definition) is 3. The van der Waals surface area contributed by atoms with Crippen LogP contribution in [0, 0.1) is 78.0 Å². The maximum absolute atomic E-state index is 14.9. The molecule has 6 atom stereocenters. The standard InChI is InChI=1S/C33H30Cl5N7O2.2C33H30Cl3F2N7O2/c3*1-7-21(46)44-16(5)12-43(13-17(44)6)31-18-10-20(34)29(22-23(35)25(37)26(38)27(40)24(22)36)42-32(18)45(33(47)19(31)11-39)30-15(4)8-9-41-28(30)14(2)3/h3*7-10,14,16-17H,1,12-13,40H2,2-6H3/t3*16-,17+. The molecule has 0 bridgehead atoms. The van der Waals surface area contributed by atoms with Gasteiger partial charge in [0.25, 0.3) is 16.7 Å². The molecule has 3 amide bonds. The van der Waals surface area contributed by atoms with Crippen LogP contribution in [-0.2, 0) is 14.4 Å². The smallest absolute Gasteiger partial charge is 0.276 e. The second-order valence-corrected chi connectivity index (χ2v) is 39.6. The zero-order valence-corrected chi connectivity index (χ0v) is 86.7. The van der Waals surface area contributed by atoms with Crippen molar-refractivity contribution in [1.82, 2.24) is 58.3 Å². The number of carbonyl (C=O) groups is 3. The monoisotopic (exact) mass is 2130 g/mol. The lowest BCUT2D eigenvalue weighted by atomic mass is 10.0. The van der Waals surface area contributed by atoms with E-state index in [0.717, 1.165) is 5.56 Å². The van der Waals surface area contributed by atoms with Crippen LogP contribution in [0.5, 0.6) is 0 Å². The predicted molar refractivity (Wildman–Crippen MR) is 555 cm³/mol. The zero-order valence-electron chi connectivity index (χ0n) is 78.4. The summed E-state index contributed by atoms with van der Waals surface area (Å²) < 4.78 is 62.7. The summed E-state index contributed by atoms with van der Waals surface area (Å²) in [6.45, 7) is 40.7.